The molecule has 2 aliphatic rings. The van der Waals surface area contributed by atoms with E-state index in [9.17, 15) is 0 Å². The largest absolute Gasteiger partial charge is 0.370 e. The minimum atomic E-state index is 0.645. The van der Waals surface area contributed by atoms with Gasteiger partial charge in [0.25, 0.3) is 0 Å². The Balaban J connectivity index is 1.74. The van der Waals surface area contributed by atoms with Crippen LogP contribution in [0.3, 0.4) is 0 Å². The summed E-state index contributed by atoms with van der Waals surface area (Å²) in [4.78, 5) is 2.56. The zero-order valence-electron chi connectivity index (χ0n) is 11.4. The van der Waals surface area contributed by atoms with E-state index < -0.39 is 0 Å². The first-order chi connectivity index (χ1) is 8.72. The van der Waals surface area contributed by atoms with Gasteiger partial charge in [-0.25, -0.2) is 0 Å². The topological polar surface area (TPSA) is 29.3 Å². The molecule has 0 radical (unpaired) electrons. The molecule has 1 heterocycles. The molecule has 2 nitrogen and oxygen atoms in total. The van der Waals surface area contributed by atoms with E-state index in [0.29, 0.717) is 12.0 Å². The van der Waals surface area contributed by atoms with Crippen LogP contribution in [0, 0.1) is 12.3 Å². The van der Waals surface area contributed by atoms with Crippen molar-refractivity contribution in [3.8, 4) is 0 Å². The first kappa shape index (κ1) is 12.0. The molecule has 0 amide bonds. The first-order valence-corrected chi connectivity index (χ1v) is 7.27. The highest BCUT2D eigenvalue weighted by molar-refractivity contribution is 5.57. The Labute approximate surface area is 110 Å². The second kappa shape index (κ2) is 4.58. The molecule has 1 saturated carbocycles. The van der Waals surface area contributed by atoms with Crippen molar-refractivity contribution in [1.82, 2.24) is 0 Å². The third kappa shape index (κ3) is 2.03. The van der Waals surface area contributed by atoms with E-state index in [0.717, 1.165) is 0 Å². The van der Waals surface area contributed by atoms with Crippen molar-refractivity contribution in [2.24, 2.45) is 11.1 Å². The molecule has 98 valence electrons. The standard InChI is InChI=1S/C16H24N2/c1-13-5-6-14(10-17)9-15(13)18-11-16(12-18)7-3-2-4-8-16/h5-6,9H,2-4,7-8,10-12,17H2,1H3. The van der Waals surface area contributed by atoms with Gasteiger partial charge < -0.3 is 10.6 Å². The van der Waals surface area contributed by atoms with Crippen LogP contribution in [0.2, 0.25) is 0 Å². The van der Waals surface area contributed by atoms with Crippen molar-refractivity contribution < 1.29 is 0 Å². The number of rotatable bonds is 2. The third-order valence-electron chi connectivity index (χ3n) is 4.82. The summed E-state index contributed by atoms with van der Waals surface area (Å²) in [6.45, 7) is 5.39. The van der Waals surface area contributed by atoms with Crippen molar-refractivity contribution in [3.63, 3.8) is 0 Å². The Morgan fingerprint density at radius 3 is 2.56 bits per heavy atom. The van der Waals surface area contributed by atoms with E-state index in [1.165, 1.54) is 62.0 Å². The number of nitrogens with zero attached hydrogens (tertiary/aromatic N) is 1. The predicted molar refractivity (Wildman–Crippen MR) is 76.8 cm³/mol. The van der Waals surface area contributed by atoms with E-state index in [2.05, 4.69) is 30.0 Å². The summed E-state index contributed by atoms with van der Waals surface area (Å²) in [6, 6.07) is 6.64. The molecule has 2 heteroatoms. The normalized spacial score (nSPS) is 22.0. The lowest BCUT2D eigenvalue weighted by molar-refractivity contribution is 0.139. The molecule has 1 aliphatic carbocycles. The second-order valence-electron chi connectivity index (χ2n) is 6.24. The first-order valence-electron chi connectivity index (χ1n) is 7.27. The molecule has 1 aromatic carbocycles. The highest BCUT2D eigenvalue weighted by Crippen LogP contribution is 2.46. The molecule has 2 fully saturated rings. The predicted octanol–water partition coefficient (Wildman–Crippen LogP) is 3.22. The van der Waals surface area contributed by atoms with Gasteiger partial charge in [0.15, 0.2) is 0 Å². The number of anilines is 1. The van der Waals surface area contributed by atoms with Crippen LogP contribution in [0.1, 0.15) is 43.2 Å². The van der Waals surface area contributed by atoms with Crippen molar-refractivity contribution in [2.45, 2.75) is 45.6 Å². The van der Waals surface area contributed by atoms with Gasteiger partial charge in [0.1, 0.15) is 0 Å². The molecule has 1 aliphatic heterocycles. The Bertz CT molecular complexity index is 425. The average molecular weight is 244 g/mol. The molecule has 0 bridgehead atoms. The van der Waals surface area contributed by atoms with Gasteiger partial charge in [-0.3, -0.25) is 0 Å². The van der Waals surface area contributed by atoms with Crippen molar-refractivity contribution in [2.75, 3.05) is 18.0 Å². The fraction of sp³-hybridized carbons (Fsp3) is 0.625. The summed E-state index contributed by atoms with van der Waals surface area (Å²) in [7, 11) is 0. The second-order valence-corrected chi connectivity index (χ2v) is 6.24. The van der Waals surface area contributed by atoms with Gasteiger partial charge in [-0.2, -0.15) is 0 Å². The van der Waals surface area contributed by atoms with Gasteiger partial charge >= 0.3 is 0 Å². The number of benzene rings is 1. The summed E-state index contributed by atoms with van der Waals surface area (Å²) in [5.41, 5.74) is 10.5. The Hall–Kier alpha value is -1.02. The highest BCUT2D eigenvalue weighted by atomic mass is 15.2. The zero-order chi connectivity index (χ0) is 12.6. The van der Waals surface area contributed by atoms with Crippen LogP contribution in [-0.2, 0) is 6.54 Å². The van der Waals surface area contributed by atoms with Gasteiger partial charge in [0.2, 0.25) is 0 Å². The van der Waals surface area contributed by atoms with Gasteiger partial charge in [0.05, 0.1) is 0 Å². The van der Waals surface area contributed by atoms with Crippen molar-refractivity contribution >= 4 is 5.69 Å². The highest BCUT2D eigenvalue weighted by Gasteiger charge is 2.43. The molecule has 1 saturated heterocycles. The zero-order valence-corrected chi connectivity index (χ0v) is 11.4. The molecule has 1 aromatic rings. The number of nitrogens with two attached hydrogens (primary N) is 1. The Morgan fingerprint density at radius 2 is 1.89 bits per heavy atom. The fourth-order valence-electron chi connectivity index (χ4n) is 3.67. The third-order valence-corrected chi connectivity index (χ3v) is 4.82. The smallest absolute Gasteiger partial charge is 0.0399 e. The summed E-state index contributed by atoms with van der Waals surface area (Å²) >= 11 is 0. The Kier molecular flexibility index (Phi) is 3.06. The summed E-state index contributed by atoms with van der Waals surface area (Å²) in [5, 5.41) is 0. The van der Waals surface area contributed by atoms with E-state index in [1.807, 2.05) is 0 Å². The van der Waals surface area contributed by atoms with Crippen molar-refractivity contribution in [1.29, 1.82) is 0 Å². The summed E-state index contributed by atoms with van der Waals surface area (Å²) in [5.74, 6) is 0. The molecular weight excluding hydrogens is 220 g/mol. The summed E-state index contributed by atoms with van der Waals surface area (Å²) < 4.78 is 0. The fourth-order valence-corrected chi connectivity index (χ4v) is 3.67. The van der Waals surface area contributed by atoms with Crippen LogP contribution >= 0.6 is 0 Å². The Morgan fingerprint density at radius 1 is 1.17 bits per heavy atom. The molecule has 0 aromatic heterocycles. The van der Waals surface area contributed by atoms with Crippen molar-refractivity contribution in [3.05, 3.63) is 29.3 Å². The van der Waals surface area contributed by atoms with E-state index in [-0.39, 0.29) is 0 Å². The maximum absolute atomic E-state index is 5.75. The van der Waals surface area contributed by atoms with Crippen LogP contribution in [0.15, 0.2) is 18.2 Å². The van der Waals surface area contributed by atoms with Crippen LogP contribution in [0.5, 0.6) is 0 Å². The van der Waals surface area contributed by atoms with Crippen LogP contribution in [-0.4, -0.2) is 13.1 Å². The SMILES string of the molecule is Cc1ccc(CN)cc1N1CC2(CCCCC2)C1. The lowest BCUT2D eigenvalue weighted by Crippen LogP contribution is -2.57. The minimum Gasteiger partial charge on any atom is -0.370 e. The van der Waals surface area contributed by atoms with Gasteiger partial charge in [-0.15, -0.1) is 0 Å². The van der Waals surface area contributed by atoms with Gasteiger partial charge in [-0.1, -0.05) is 31.4 Å². The monoisotopic (exact) mass is 244 g/mol. The molecular formula is C16H24N2. The van der Waals surface area contributed by atoms with Crippen LogP contribution < -0.4 is 10.6 Å². The number of hydrogen-bond acceptors (Lipinski definition) is 2. The van der Waals surface area contributed by atoms with E-state index >= 15 is 0 Å². The van der Waals surface area contributed by atoms with Crippen LogP contribution in [0.25, 0.3) is 0 Å². The van der Waals surface area contributed by atoms with Gasteiger partial charge in [-0.05, 0) is 37.0 Å². The maximum Gasteiger partial charge on any atom is 0.0399 e. The molecule has 18 heavy (non-hydrogen) atoms. The van der Waals surface area contributed by atoms with E-state index in [1.54, 1.807) is 0 Å². The lowest BCUT2D eigenvalue weighted by Gasteiger charge is -2.54. The minimum absolute atomic E-state index is 0.645. The molecule has 2 N–H and O–H groups in total. The quantitative estimate of drug-likeness (QED) is 0.865. The lowest BCUT2D eigenvalue weighted by atomic mass is 9.68. The molecule has 0 unspecified atom stereocenters. The molecule has 0 atom stereocenters. The van der Waals surface area contributed by atoms with Crippen LogP contribution in [0.4, 0.5) is 5.69 Å². The number of aryl methyl sites for hydroxylation is 1. The average Bonchev–Trinajstić information content (AvgIpc) is 2.38. The maximum atomic E-state index is 5.75. The van der Waals surface area contributed by atoms with E-state index in [4.69, 9.17) is 5.73 Å². The molecule has 3 rings (SSSR count). The number of hydrogen-bond donors (Lipinski definition) is 1. The summed E-state index contributed by atoms with van der Waals surface area (Å²) in [6.07, 6.45) is 7.22. The molecule has 1 spiro atoms. The van der Waals surface area contributed by atoms with Gasteiger partial charge in [0, 0.05) is 30.7 Å².